The number of furan rings is 1. The Morgan fingerprint density at radius 2 is 2.29 bits per heavy atom. The standard InChI is InChI=1S/C11H16N2O/c1(3-11-4-2-10-14-11)7-13-8-5-12-6-9-13/h1-4,10,12H,5-9H2. The summed E-state index contributed by atoms with van der Waals surface area (Å²) in [6.45, 7) is 5.51. The zero-order valence-corrected chi connectivity index (χ0v) is 8.28. The Morgan fingerprint density at radius 1 is 1.43 bits per heavy atom. The van der Waals surface area contributed by atoms with Gasteiger partial charge in [0.1, 0.15) is 5.76 Å². The Labute approximate surface area is 84.4 Å². The summed E-state index contributed by atoms with van der Waals surface area (Å²) in [6.07, 6.45) is 5.89. The van der Waals surface area contributed by atoms with Crippen molar-refractivity contribution in [2.24, 2.45) is 0 Å². The first-order valence-corrected chi connectivity index (χ1v) is 5.08. The summed E-state index contributed by atoms with van der Waals surface area (Å²) in [5.74, 6) is 0.931. The van der Waals surface area contributed by atoms with Gasteiger partial charge in [0.05, 0.1) is 6.26 Å². The minimum absolute atomic E-state index is 0.931. The first-order chi connectivity index (χ1) is 6.95. The second-order valence-electron chi connectivity index (χ2n) is 3.47. The monoisotopic (exact) mass is 192 g/mol. The highest BCUT2D eigenvalue weighted by Crippen LogP contribution is 2.02. The lowest BCUT2D eigenvalue weighted by atomic mass is 10.3. The van der Waals surface area contributed by atoms with Gasteiger partial charge in [0, 0.05) is 32.7 Å². The largest absolute Gasteiger partial charge is 0.465 e. The molecule has 76 valence electrons. The molecule has 1 aromatic heterocycles. The molecule has 1 fully saturated rings. The van der Waals surface area contributed by atoms with Crippen LogP contribution in [0.4, 0.5) is 0 Å². The van der Waals surface area contributed by atoms with Crippen molar-refractivity contribution >= 4 is 6.08 Å². The minimum atomic E-state index is 0.931. The number of hydrogen-bond acceptors (Lipinski definition) is 3. The maximum absolute atomic E-state index is 5.21. The van der Waals surface area contributed by atoms with Crippen molar-refractivity contribution in [3.8, 4) is 0 Å². The van der Waals surface area contributed by atoms with Crippen LogP contribution in [0.2, 0.25) is 0 Å². The molecule has 0 aromatic carbocycles. The van der Waals surface area contributed by atoms with E-state index in [0.717, 1.165) is 38.5 Å². The molecule has 1 aromatic rings. The van der Waals surface area contributed by atoms with Gasteiger partial charge in [-0.1, -0.05) is 6.08 Å². The Hall–Kier alpha value is -1.06. The predicted octanol–water partition coefficient (Wildman–Crippen LogP) is 1.20. The lowest BCUT2D eigenvalue weighted by Crippen LogP contribution is -2.43. The second kappa shape index (κ2) is 4.98. The molecule has 0 aliphatic carbocycles. The van der Waals surface area contributed by atoms with E-state index in [9.17, 15) is 0 Å². The van der Waals surface area contributed by atoms with Crippen molar-refractivity contribution in [3.63, 3.8) is 0 Å². The summed E-state index contributed by atoms with van der Waals surface area (Å²) in [6, 6.07) is 3.87. The van der Waals surface area contributed by atoms with Crippen LogP contribution in [0.15, 0.2) is 28.9 Å². The van der Waals surface area contributed by atoms with Gasteiger partial charge in [-0.3, -0.25) is 4.90 Å². The Kier molecular flexibility index (Phi) is 3.38. The number of nitrogens with one attached hydrogen (secondary N) is 1. The predicted molar refractivity (Wildman–Crippen MR) is 57.1 cm³/mol. The van der Waals surface area contributed by atoms with Crippen LogP contribution in [0.5, 0.6) is 0 Å². The van der Waals surface area contributed by atoms with Crippen molar-refractivity contribution in [1.82, 2.24) is 10.2 Å². The highest BCUT2D eigenvalue weighted by molar-refractivity contribution is 5.42. The minimum Gasteiger partial charge on any atom is -0.465 e. The van der Waals surface area contributed by atoms with Crippen molar-refractivity contribution in [2.45, 2.75) is 0 Å². The lowest BCUT2D eigenvalue weighted by molar-refractivity contribution is 0.265. The highest BCUT2D eigenvalue weighted by Gasteiger charge is 2.06. The van der Waals surface area contributed by atoms with Crippen molar-refractivity contribution in [3.05, 3.63) is 30.2 Å². The molecular formula is C11H16N2O. The average molecular weight is 192 g/mol. The van der Waals surface area contributed by atoms with Gasteiger partial charge in [-0.15, -0.1) is 0 Å². The highest BCUT2D eigenvalue weighted by atomic mass is 16.3. The van der Waals surface area contributed by atoms with Gasteiger partial charge in [-0.2, -0.15) is 0 Å². The topological polar surface area (TPSA) is 28.4 Å². The van der Waals surface area contributed by atoms with Crippen molar-refractivity contribution in [2.75, 3.05) is 32.7 Å². The van der Waals surface area contributed by atoms with Crippen LogP contribution in [-0.4, -0.2) is 37.6 Å². The zero-order valence-electron chi connectivity index (χ0n) is 8.28. The van der Waals surface area contributed by atoms with Gasteiger partial charge < -0.3 is 9.73 Å². The van der Waals surface area contributed by atoms with Crippen LogP contribution >= 0.6 is 0 Å². The van der Waals surface area contributed by atoms with E-state index in [2.05, 4.69) is 16.3 Å². The third kappa shape index (κ3) is 2.72. The molecule has 0 saturated carbocycles. The normalized spacial score (nSPS) is 19.1. The first kappa shape index (κ1) is 9.49. The van der Waals surface area contributed by atoms with E-state index in [0.29, 0.717) is 0 Å². The molecule has 1 N–H and O–H groups in total. The molecule has 0 bridgehead atoms. The molecule has 0 spiro atoms. The fraction of sp³-hybridized carbons (Fsp3) is 0.455. The van der Waals surface area contributed by atoms with E-state index in [1.165, 1.54) is 0 Å². The van der Waals surface area contributed by atoms with Gasteiger partial charge in [0.25, 0.3) is 0 Å². The molecule has 2 rings (SSSR count). The quantitative estimate of drug-likeness (QED) is 0.780. The number of rotatable bonds is 3. The van der Waals surface area contributed by atoms with Crippen LogP contribution < -0.4 is 5.32 Å². The van der Waals surface area contributed by atoms with Crippen LogP contribution in [0.3, 0.4) is 0 Å². The smallest absolute Gasteiger partial charge is 0.126 e. The molecule has 1 saturated heterocycles. The number of nitrogens with zero attached hydrogens (tertiary/aromatic N) is 1. The Balaban J connectivity index is 1.76. The second-order valence-corrected chi connectivity index (χ2v) is 3.47. The molecule has 14 heavy (non-hydrogen) atoms. The van der Waals surface area contributed by atoms with E-state index < -0.39 is 0 Å². The van der Waals surface area contributed by atoms with Gasteiger partial charge >= 0.3 is 0 Å². The van der Waals surface area contributed by atoms with Gasteiger partial charge in [0.15, 0.2) is 0 Å². The van der Waals surface area contributed by atoms with Crippen LogP contribution in [0.1, 0.15) is 5.76 Å². The number of hydrogen-bond donors (Lipinski definition) is 1. The summed E-state index contributed by atoms with van der Waals surface area (Å²) in [7, 11) is 0. The molecule has 1 aliphatic heterocycles. The lowest BCUT2D eigenvalue weighted by Gasteiger charge is -2.25. The number of piperazine rings is 1. The van der Waals surface area contributed by atoms with Crippen molar-refractivity contribution in [1.29, 1.82) is 0 Å². The van der Waals surface area contributed by atoms with E-state index in [4.69, 9.17) is 4.42 Å². The summed E-state index contributed by atoms with van der Waals surface area (Å²) in [4.78, 5) is 2.43. The molecular weight excluding hydrogens is 176 g/mol. The molecule has 1 aliphatic rings. The van der Waals surface area contributed by atoms with Crippen LogP contribution in [-0.2, 0) is 0 Å². The third-order valence-electron chi connectivity index (χ3n) is 2.40. The third-order valence-corrected chi connectivity index (χ3v) is 2.40. The van der Waals surface area contributed by atoms with E-state index >= 15 is 0 Å². The average Bonchev–Trinajstić information content (AvgIpc) is 2.72. The Bertz CT molecular complexity index is 273. The molecule has 0 unspecified atom stereocenters. The van der Waals surface area contributed by atoms with Gasteiger partial charge in [-0.05, 0) is 18.2 Å². The van der Waals surface area contributed by atoms with Crippen molar-refractivity contribution < 1.29 is 4.42 Å². The molecule has 0 amide bonds. The summed E-state index contributed by atoms with van der Waals surface area (Å²) in [5, 5.41) is 3.33. The first-order valence-electron chi connectivity index (χ1n) is 5.08. The molecule has 0 atom stereocenters. The SMILES string of the molecule is C(=Cc1ccco1)CN1CCNCC1. The summed E-state index contributed by atoms with van der Waals surface area (Å²) in [5.41, 5.74) is 0. The molecule has 2 heterocycles. The molecule has 0 radical (unpaired) electrons. The van der Waals surface area contributed by atoms with Crippen LogP contribution in [0, 0.1) is 0 Å². The van der Waals surface area contributed by atoms with Gasteiger partial charge in [0.2, 0.25) is 0 Å². The van der Waals surface area contributed by atoms with Crippen LogP contribution in [0.25, 0.3) is 6.08 Å². The van der Waals surface area contributed by atoms with E-state index in [1.807, 2.05) is 18.2 Å². The maximum Gasteiger partial charge on any atom is 0.126 e. The zero-order chi connectivity index (χ0) is 9.64. The van der Waals surface area contributed by atoms with E-state index in [-0.39, 0.29) is 0 Å². The maximum atomic E-state index is 5.21. The summed E-state index contributed by atoms with van der Waals surface area (Å²) < 4.78 is 5.21. The van der Waals surface area contributed by atoms with E-state index in [1.54, 1.807) is 6.26 Å². The fourth-order valence-corrected chi connectivity index (χ4v) is 1.60. The summed E-state index contributed by atoms with van der Waals surface area (Å²) >= 11 is 0. The Morgan fingerprint density at radius 3 is 3.00 bits per heavy atom. The fourth-order valence-electron chi connectivity index (χ4n) is 1.60. The van der Waals surface area contributed by atoms with Gasteiger partial charge in [-0.25, -0.2) is 0 Å². The molecule has 3 nitrogen and oxygen atoms in total. The molecule has 3 heteroatoms.